The van der Waals surface area contributed by atoms with Crippen LogP contribution in [0.5, 0.6) is 5.75 Å². The minimum atomic E-state index is -0.350. The summed E-state index contributed by atoms with van der Waals surface area (Å²) in [7, 11) is 0. The van der Waals surface area contributed by atoms with Crippen LogP contribution in [0.2, 0.25) is 0 Å². The number of hydrogen-bond acceptors (Lipinski definition) is 6. The molecule has 0 unspecified atom stereocenters. The number of aryl methyl sites for hydroxylation is 2. The number of benzene rings is 2. The Morgan fingerprint density at radius 2 is 1.94 bits per heavy atom. The number of rotatable bonds is 5. The Kier molecular flexibility index (Phi) is 8.14. The molecule has 0 atom stereocenters. The average molecular weight is 426 g/mol. The number of piperazine rings is 1. The quantitative estimate of drug-likeness (QED) is 0.469. The molecule has 7 heteroatoms. The Morgan fingerprint density at radius 1 is 1.16 bits per heavy atom. The molecule has 31 heavy (non-hydrogen) atoms. The molecule has 0 spiro atoms. The average Bonchev–Trinajstić information content (AvgIpc) is 2.74. The highest BCUT2D eigenvalue weighted by Crippen LogP contribution is 2.25. The summed E-state index contributed by atoms with van der Waals surface area (Å²) in [5.41, 5.74) is 17.3. The number of fused-ring (bicyclic) bond motifs is 1. The molecule has 0 aliphatic carbocycles. The highest BCUT2D eigenvalue weighted by molar-refractivity contribution is 5.74. The van der Waals surface area contributed by atoms with E-state index in [0.29, 0.717) is 12.1 Å². The zero-order valence-electron chi connectivity index (χ0n) is 18.4. The maximum absolute atomic E-state index is 10.6. The second-order valence-electron chi connectivity index (χ2n) is 8.34. The minimum absolute atomic E-state index is 0.142. The summed E-state index contributed by atoms with van der Waals surface area (Å²) < 4.78 is 0. The first-order chi connectivity index (χ1) is 14.9. The van der Waals surface area contributed by atoms with E-state index < -0.39 is 0 Å². The normalized spacial score (nSPS) is 15.9. The Morgan fingerprint density at radius 3 is 2.65 bits per heavy atom. The van der Waals surface area contributed by atoms with Crippen LogP contribution in [0.15, 0.2) is 30.3 Å². The number of phenolic OH excluding ortho intramolecular Hbond substituents is 1. The van der Waals surface area contributed by atoms with Crippen molar-refractivity contribution >= 4 is 17.3 Å². The number of nitrogens with two attached hydrogens (primary N) is 2. The van der Waals surface area contributed by atoms with Gasteiger partial charge in [0.1, 0.15) is 5.75 Å². The lowest BCUT2D eigenvalue weighted by atomic mass is 10.0. The van der Waals surface area contributed by atoms with Crippen LogP contribution in [-0.4, -0.2) is 48.6 Å². The van der Waals surface area contributed by atoms with Gasteiger partial charge in [0.2, 0.25) is 5.91 Å². The standard InChI is InChI=1S/C14H21N3.C10H14N2O2/c1-2-13-10-12(3-4-14(13)16-5-1)11-17-8-6-15-7-9-17;1-6-4-7(13)5-9(11)8(6)2-3-10(12)14/h3-4,10,15-16H,1-2,5-9,11H2;4-5,13H,2-3,11H2,1H3,(H2,12,14). The molecule has 2 aromatic rings. The van der Waals surface area contributed by atoms with E-state index in [1.54, 1.807) is 6.07 Å². The van der Waals surface area contributed by atoms with Crippen molar-refractivity contribution in [3.63, 3.8) is 0 Å². The van der Waals surface area contributed by atoms with Gasteiger partial charge >= 0.3 is 0 Å². The van der Waals surface area contributed by atoms with Crippen molar-refractivity contribution in [1.82, 2.24) is 10.2 Å². The smallest absolute Gasteiger partial charge is 0.217 e. The van der Waals surface area contributed by atoms with Crippen molar-refractivity contribution in [1.29, 1.82) is 0 Å². The molecule has 0 aromatic heterocycles. The van der Waals surface area contributed by atoms with E-state index in [1.807, 2.05) is 6.92 Å². The van der Waals surface area contributed by atoms with Crippen LogP contribution >= 0.6 is 0 Å². The van der Waals surface area contributed by atoms with Crippen LogP contribution < -0.4 is 22.1 Å². The molecule has 1 fully saturated rings. The number of phenols is 1. The molecule has 1 saturated heterocycles. The number of nitrogens with one attached hydrogen (secondary N) is 2. The molecule has 168 valence electrons. The number of primary amides is 1. The fourth-order valence-corrected chi connectivity index (χ4v) is 4.17. The topological polar surface area (TPSA) is 117 Å². The lowest BCUT2D eigenvalue weighted by Gasteiger charge is -2.28. The van der Waals surface area contributed by atoms with Crippen molar-refractivity contribution in [3.8, 4) is 5.75 Å². The van der Waals surface area contributed by atoms with Crippen LogP contribution in [0.4, 0.5) is 11.4 Å². The largest absolute Gasteiger partial charge is 0.508 e. The van der Waals surface area contributed by atoms with Crippen LogP contribution in [0.25, 0.3) is 0 Å². The van der Waals surface area contributed by atoms with E-state index in [0.717, 1.165) is 37.3 Å². The number of carbonyl (C=O) groups excluding carboxylic acids is 1. The van der Waals surface area contributed by atoms with Crippen LogP contribution in [0.1, 0.15) is 35.1 Å². The van der Waals surface area contributed by atoms with Crippen LogP contribution in [-0.2, 0) is 24.2 Å². The molecule has 2 heterocycles. The van der Waals surface area contributed by atoms with Crippen molar-refractivity contribution in [2.75, 3.05) is 43.8 Å². The second-order valence-corrected chi connectivity index (χ2v) is 8.34. The van der Waals surface area contributed by atoms with E-state index in [4.69, 9.17) is 11.5 Å². The first-order valence-corrected chi connectivity index (χ1v) is 11.1. The number of nitrogens with zero attached hydrogens (tertiary/aromatic N) is 1. The number of carbonyl (C=O) groups is 1. The number of anilines is 2. The Hall–Kier alpha value is -2.77. The SMILES string of the molecule is Cc1cc(O)cc(N)c1CCC(N)=O.c1cc2c(cc1CN1CCNCC1)CCCN2. The van der Waals surface area contributed by atoms with Crippen molar-refractivity contribution in [2.45, 2.75) is 39.2 Å². The summed E-state index contributed by atoms with van der Waals surface area (Å²) in [4.78, 5) is 13.1. The Bertz CT molecular complexity index is 871. The van der Waals surface area contributed by atoms with Gasteiger partial charge in [-0.2, -0.15) is 0 Å². The predicted octanol–water partition coefficient (Wildman–Crippen LogP) is 2.15. The maximum Gasteiger partial charge on any atom is 0.217 e. The van der Waals surface area contributed by atoms with Crippen molar-refractivity contribution in [3.05, 3.63) is 52.6 Å². The molecule has 0 saturated carbocycles. The molecule has 2 aliphatic rings. The monoisotopic (exact) mass is 425 g/mol. The number of hydrogen-bond donors (Lipinski definition) is 5. The molecule has 7 nitrogen and oxygen atoms in total. The van der Waals surface area contributed by atoms with Gasteiger partial charge in [-0.15, -0.1) is 0 Å². The van der Waals surface area contributed by atoms with E-state index in [1.165, 1.54) is 48.8 Å². The van der Waals surface area contributed by atoms with Crippen molar-refractivity contribution < 1.29 is 9.90 Å². The predicted molar refractivity (Wildman–Crippen MR) is 126 cm³/mol. The first kappa shape index (κ1) is 22.9. The number of nitrogen functional groups attached to an aromatic ring is 1. The second kappa shape index (κ2) is 11.0. The van der Waals surface area contributed by atoms with E-state index in [-0.39, 0.29) is 18.1 Å². The maximum atomic E-state index is 10.6. The van der Waals surface area contributed by atoms with Gasteiger partial charge in [-0.25, -0.2) is 0 Å². The minimum Gasteiger partial charge on any atom is -0.508 e. The van der Waals surface area contributed by atoms with E-state index in [2.05, 4.69) is 33.7 Å². The van der Waals surface area contributed by atoms with Crippen molar-refractivity contribution in [2.24, 2.45) is 5.73 Å². The Labute approximate surface area is 184 Å². The third kappa shape index (κ3) is 6.87. The molecule has 0 bridgehead atoms. The van der Waals surface area contributed by atoms with Gasteiger partial charge < -0.3 is 27.2 Å². The number of amides is 1. The highest BCUT2D eigenvalue weighted by Gasteiger charge is 2.12. The van der Waals surface area contributed by atoms with Gasteiger partial charge in [-0.3, -0.25) is 9.69 Å². The summed E-state index contributed by atoms with van der Waals surface area (Å²) in [6, 6.07) is 10.0. The molecule has 2 aliphatic heterocycles. The lowest BCUT2D eigenvalue weighted by Crippen LogP contribution is -2.42. The molecular formula is C24H35N5O2. The van der Waals surface area contributed by atoms with Gasteiger partial charge in [0.25, 0.3) is 0 Å². The van der Waals surface area contributed by atoms with Gasteiger partial charge in [-0.1, -0.05) is 12.1 Å². The third-order valence-corrected chi connectivity index (χ3v) is 5.84. The molecule has 0 radical (unpaired) electrons. The van der Waals surface area contributed by atoms with Gasteiger partial charge in [-0.05, 0) is 60.6 Å². The molecule has 7 N–H and O–H groups in total. The summed E-state index contributed by atoms with van der Waals surface area (Å²) >= 11 is 0. The molecule has 4 rings (SSSR count). The highest BCUT2D eigenvalue weighted by atomic mass is 16.3. The fourth-order valence-electron chi connectivity index (χ4n) is 4.17. The van der Waals surface area contributed by atoms with Gasteiger partial charge in [0.15, 0.2) is 0 Å². The van der Waals surface area contributed by atoms with Crippen LogP contribution in [0, 0.1) is 6.92 Å². The molecule has 1 amide bonds. The zero-order valence-corrected chi connectivity index (χ0v) is 18.4. The zero-order chi connectivity index (χ0) is 22.2. The third-order valence-electron chi connectivity index (χ3n) is 5.84. The lowest BCUT2D eigenvalue weighted by molar-refractivity contribution is -0.117. The van der Waals surface area contributed by atoms with Gasteiger partial charge in [0, 0.05) is 63.1 Å². The molecular weight excluding hydrogens is 390 g/mol. The molecule has 2 aromatic carbocycles. The summed E-state index contributed by atoms with van der Waals surface area (Å²) in [5.74, 6) is -0.209. The summed E-state index contributed by atoms with van der Waals surface area (Å²) in [6.45, 7) is 8.69. The fraction of sp³-hybridized carbons (Fsp3) is 0.458. The Balaban J connectivity index is 0.000000180. The van der Waals surface area contributed by atoms with E-state index in [9.17, 15) is 9.90 Å². The summed E-state index contributed by atoms with van der Waals surface area (Å²) in [6.07, 6.45) is 3.30. The first-order valence-electron chi connectivity index (χ1n) is 11.1. The van der Waals surface area contributed by atoms with E-state index >= 15 is 0 Å². The van der Waals surface area contributed by atoms with Gasteiger partial charge in [0.05, 0.1) is 0 Å². The van der Waals surface area contributed by atoms with Crippen LogP contribution in [0.3, 0.4) is 0 Å². The number of aromatic hydroxyl groups is 1. The summed E-state index contributed by atoms with van der Waals surface area (Å²) in [5, 5.41) is 16.1.